The van der Waals surface area contributed by atoms with E-state index in [0.717, 1.165) is 44.6 Å². The summed E-state index contributed by atoms with van der Waals surface area (Å²) in [7, 11) is 0. The first-order valence-corrected chi connectivity index (χ1v) is 13.1. The van der Waals surface area contributed by atoms with Crippen LogP contribution in [0.15, 0.2) is 46.4 Å². The van der Waals surface area contributed by atoms with E-state index in [-0.39, 0.29) is 11.9 Å². The Balaban J connectivity index is 1.60. The Morgan fingerprint density at radius 2 is 2.09 bits per heavy atom. The largest absolute Gasteiger partial charge is 0.429 e. The molecule has 4 aliphatic rings. The average molecular weight is 456 g/mol. The maximum absolute atomic E-state index is 11.9. The molecule has 2 aliphatic heterocycles. The van der Waals surface area contributed by atoms with Crippen LogP contribution in [0.3, 0.4) is 0 Å². The summed E-state index contributed by atoms with van der Waals surface area (Å²) in [6, 6.07) is 0.314. The lowest BCUT2D eigenvalue weighted by atomic mass is 9.72. The smallest absolute Gasteiger partial charge is 0.307 e. The van der Waals surface area contributed by atoms with Gasteiger partial charge in [0.2, 0.25) is 0 Å². The highest BCUT2D eigenvalue weighted by atomic mass is 16.5. The van der Waals surface area contributed by atoms with Crippen LogP contribution in [0.25, 0.3) is 0 Å². The molecule has 0 amide bonds. The van der Waals surface area contributed by atoms with E-state index in [2.05, 4.69) is 37.0 Å². The maximum Gasteiger partial charge on any atom is 0.307 e. The fraction of sp³-hybridized carbons (Fsp3) is 0.679. The van der Waals surface area contributed by atoms with E-state index < -0.39 is 6.10 Å². The number of hydrogen-bond donors (Lipinski definition) is 1. The molecule has 0 aromatic heterocycles. The average Bonchev–Trinajstić information content (AvgIpc) is 2.80. The van der Waals surface area contributed by atoms with Crippen molar-refractivity contribution in [1.82, 2.24) is 4.90 Å². The van der Waals surface area contributed by atoms with Crippen molar-refractivity contribution >= 4 is 5.97 Å². The SMILES string of the molecule is CCCCCOCC[C@@H](C)C1=CC2C(=C3CCCC[C@@H]3N3C[C@H](O)CC(OC(C)=O)=C23)C=C1. The van der Waals surface area contributed by atoms with Gasteiger partial charge in [0, 0.05) is 39.0 Å². The van der Waals surface area contributed by atoms with E-state index in [1.54, 1.807) is 0 Å². The van der Waals surface area contributed by atoms with Gasteiger partial charge in [-0.05, 0) is 54.7 Å². The zero-order chi connectivity index (χ0) is 23.4. The topological polar surface area (TPSA) is 59.0 Å². The molecule has 0 spiro atoms. The number of esters is 1. The number of aliphatic hydroxyl groups is 1. The third kappa shape index (κ3) is 5.46. The van der Waals surface area contributed by atoms with Crippen molar-refractivity contribution in [2.24, 2.45) is 11.8 Å². The number of ether oxygens (including phenoxy) is 2. The minimum Gasteiger partial charge on any atom is -0.429 e. The number of aliphatic hydroxyl groups excluding tert-OH is 1. The molecule has 0 aromatic carbocycles. The number of hydrogen-bond acceptors (Lipinski definition) is 5. The van der Waals surface area contributed by atoms with Crippen molar-refractivity contribution in [1.29, 1.82) is 0 Å². The summed E-state index contributed by atoms with van der Waals surface area (Å²) in [5.41, 5.74) is 5.34. The fourth-order valence-corrected chi connectivity index (χ4v) is 5.93. The normalized spacial score (nSPS) is 27.6. The number of carbonyl (C=O) groups is 1. The molecule has 2 heterocycles. The Morgan fingerprint density at radius 1 is 1.24 bits per heavy atom. The summed E-state index contributed by atoms with van der Waals surface area (Å²) in [5.74, 6) is 0.856. The molecule has 1 fully saturated rings. The van der Waals surface area contributed by atoms with Gasteiger partial charge in [-0.2, -0.15) is 0 Å². The van der Waals surface area contributed by atoms with Gasteiger partial charge in [0.1, 0.15) is 5.76 Å². The van der Waals surface area contributed by atoms with Gasteiger partial charge in [0.15, 0.2) is 0 Å². The van der Waals surface area contributed by atoms with E-state index >= 15 is 0 Å². The van der Waals surface area contributed by atoms with Crippen LogP contribution in [0.5, 0.6) is 0 Å². The van der Waals surface area contributed by atoms with Gasteiger partial charge in [-0.1, -0.05) is 51.3 Å². The van der Waals surface area contributed by atoms with Gasteiger partial charge in [-0.25, -0.2) is 0 Å². The molecule has 0 saturated heterocycles. The second-order valence-electron chi connectivity index (χ2n) is 10.1. The first-order valence-electron chi connectivity index (χ1n) is 13.1. The Hall–Kier alpha value is -1.85. The molecule has 1 unspecified atom stereocenters. The molecule has 2 aliphatic carbocycles. The molecule has 0 aromatic rings. The van der Waals surface area contributed by atoms with Crippen LogP contribution < -0.4 is 0 Å². The third-order valence-electron chi connectivity index (χ3n) is 7.61. The summed E-state index contributed by atoms with van der Waals surface area (Å²) in [4.78, 5) is 14.3. The van der Waals surface area contributed by atoms with Crippen molar-refractivity contribution < 1.29 is 19.4 Å². The van der Waals surface area contributed by atoms with E-state index in [9.17, 15) is 9.90 Å². The van der Waals surface area contributed by atoms with Gasteiger partial charge in [0.25, 0.3) is 0 Å². The van der Waals surface area contributed by atoms with Gasteiger partial charge in [-0.3, -0.25) is 4.79 Å². The monoisotopic (exact) mass is 455 g/mol. The fourth-order valence-electron chi connectivity index (χ4n) is 5.93. The molecule has 0 bridgehead atoms. The van der Waals surface area contributed by atoms with Crippen molar-refractivity contribution in [3.05, 3.63) is 46.4 Å². The van der Waals surface area contributed by atoms with Crippen LogP contribution in [0.2, 0.25) is 0 Å². The predicted molar refractivity (Wildman–Crippen MR) is 130 cm³/mol. The van der Waals surface area contributed by atoms with E-state index in [1.807, 2.05) is 0 Å². The van der Waals surface area contributed by atoms with Crippen LogP contribution in [-0.2, 0) is 14.3 Å². The summed E-state index contributed by atoms with van der Waals surface area (Å²) in [6.45, 7) is 8.20. The number of rotatable bonds is 9. The lowest BCUT2D eigenvalue weighted by Crippen LogP contribution is -2.50. The number of carbonyl (C=O) groups excluding carboxylic acids is 1. The molecular formula is C28H41NO4. The van der Waals surface area contributed by atoms with Crippen LogP contribution in [0.1, 0.15) is 78.6 Å². The molecule has 182 valence electrons. The standard InChI is InChI=1S/C28H41NO4/c1-4-5-8-14-32-15-13-19(2)21-11-12-23-24-9-6-7-10-26(24)29-18-22(31)17-27(33-20(3)30)28(29)25(23)16-21/h11-12,16,19,22,25-26,31H,4-10,13-15,17-18H2,1-3H3/t19-,22-,25?,26+/m1/s1. The van der Waals surface area contributed by atoms with Gasteiger partial charge < -0.3 is 19.5 Å². The highest BCUT2D eigenvalue weighted by Gasteiger charge is 2.43. The number of unbranched alkanes of at least 4 members (excludes halogenated alkanes) is 2. The molecule has 0 radical (unpaired) electrons. The highest BCUT2D eigenvalue weighted by Crippen LogP contribution is 2.48. The second kappa shape index (κ2) is 11.1. The number of allylic oxidation sites excluding steroid dienone is 4. The van der Waals surface area contributed by atoms with Crippen LogP contribution >= 0.6 is 0 Å². The Labute approximate surface area is 199 Å². The minimum atomic E-state index is -0.501. The summed E-state index contributed by atoms with van der Waals surface area (Å²) < 4.78 is 11.6. The summed E-state index contributed by atoms with van der Waals surface area (Å²) >= 11 is 0. The van der Waals surface area contributed by atoms with Crippen LogP contribution in [0.4, 0.5) is 0 Å². The molecule has 33 heavy (non-hydrogen) atoms. The minimum absolute atomic E-state index is 0.101. The van der Waals surface area contributed by atoms with Gasteiger partial charge in [0.05, 0.1) is 17.8 Å². The first-order chi connectivity index (χ1) is 16.0. The molecule has 4 rings (SSSR count). The lowest BCUT2D eigenvalue weighted by molar-refractivity contribution is -0.138. The molecule has 5 heteroatoms. The first kappa shape index (κ1) is 24.3. The zero-order valence-corrected chi connectivity index (χ0v) is 20.6. The third-order valence-corrected chi connectivity index (χ3v) is 7.61. The van der Waals surface area contributed by atoms with E-state index in [0.29, 0.717) is 30.7 Å². The van der Waals surface area contributed by atoms with E-state index in [1.165, 1.54) is 49.3 Å². The number of fused-ring (bicyclic) bond motifs is 5. The van der Waals surface area contributed by atoms with Crippen molar-refractivity contribution in [2.45, 2.75) is 90.7 Å². The quantitative estimate of drug-likeness (QED) is 0.371. The molecule has 1 saturated carbocycles. The molecule has 5 nitrogen and oxygen atoms in total. The molecule has 1 N–H and O–H groups in total. The Kier molecular flexibility index (Phi) is 8.13. The van der Waals surface area contributed by atoms with Crippen LogP contribution in [0, 0.1) is 11.8 Å². The summed E-state index contributed by atoms with van der Waals surface area (Å²) in [5, 5.41) is 10.6. The van der Waals surface area contributed by atoms with Crippen molar-refractivity contribution in [2.75, 3.05) is 19.8 Å². The second-order valence-corrected chi connectivity index (χ2v) is 10.1. The Morgan fingerprint density at radius 3 is 2.88 bits per heavy atom. The predicted octanol–water partition coefficient (Wildman–Crippen LogP) is 5.43. The number of nitrogens with zero attached hydrogens (tertiary/aromatic N) is 1. The van der Waals surface area contributed by atoms with Crippen molar-refractivity contribution in [3.8, 4) is 0 Å². The summed E-state index contributed by atoms with van der Waals surface area (Å²) in [6.07, 6.45) is 16.2. The molecule has 4 atom stereocenters. The van der Waals surface area contributed by atoms with Gasteiger partial charge >= 0.3 is 5.97 Å². The highest BCUT2D eigenvalue weighted by molar-refractivity contribution is 5.67. The Bertz CT molecular complexity index is 852. The maximum atomic E-state index is 11.9. The van der Waals surface area contributed by atoms with Gasteiger partial charge in [-0.15, -0.1) is 0 Å². The van der Waals surface area contributed by atoms with Crippen molar-refractivity contribution in [3.63, 3.8) is 0 Å². The molecular weight excluding hydrogens is 414 g/mol. The lowest BCUT2D eigenvalue weighted by Gasteiger charge is -2.50. The van der Waals surface area contributed by atoms with E-state index in [4.69, 9.17) is 9.47 Å². The zero-order valence-electron chi connectivity index (χ0n) is 20.6. The van der Waals surface area contributed by atoms with Crippen LogP contribution in [-0.4, -0.2) is 47.9 Å².